The molecule has 1 heterocycles. The van der Waals surface area contributed by atoms with Gasteiger partial charge in [0.1, 0.15) is 5.15 Å². The maximum atomic E-state index is 12.1. The summed E-state index contributed by atoms with van der Waals surface area (Å²) < 4.78 is 0. The lowest BCUT2D eigenvalue weighted by molar-refractivity contribution is 0.0698. The zero-order valence-electron chi connectivity index (χ0n) is 10.2. The lowest BCUT2D eigenvalue weighted by Gasteiger charge is -2.09. The number of aromatic carboxylic acids is 1. The van der Waals surface area contributed by atoms with Gasteiger partial charge >= 0.3 is 5.97 Å². The smallest absolute Gasteiger partial charge is 0.337 e. The zero-order chi connectivity index (χ0) is 15.6. The van der Waals surface area contributed by atoms with Crippen LogP contribution in [0.25, 0.3) is 0 Å². The molecule has 0 saturated heterocycles. The van der Waals surface area contributed by atoms with Crippen LogP contribution in [-0.2, 0) is 0 Å². The molecule has 2 rings (SSSR count). The van der Waals surface area contributed by atoms with E-state index in [1.54, 1.807) is 0 Å². The van der Waals surface area contributed by atoms with E-state index in [0.29, 0.717) is 0 Å². The van der Waals surface area contributed by atoms with E-state index in [1.165, 1.54) is 30.5 Å². The van der Waals surface area contributed by atoms with Gasteiger partial charge in [0.15, 0.2) is 0 Å². The van der Waals surface area contributed by atoms with Crippen molar-refractivity contribution in [3.63, 3.8) is 0 Å². The fourth-order valence-corrected chi connectivity index (χ4v) is 1.98. The minimum Gasteiger partial charge on any atom is -0.478 e. The Labute approximate surface area is 134 Å². The molecule has 8 heteroatoms. The predicted octanol–water partition coefficient (Wildman–Crippen LogP) is 3.99. The van der Waals surface area contributed by atoms with Gasteiger partial charge in [0.2, 0.25) is 0 Å². The molecular weight excluding hydrogens is 339 g/mol. The number of hydrogen-bond acceptors (Lipinski definition) is 3. The van der Waals surface area contributed by atoms with Crippen LogP contribution in [0, 0.1) is 0 Å². The molecule has 0 fully saturated rings. The Morgan fingerprint density at radius 1 is 1.14 bits per heavy atom. The van der Waals surface area contributed by atoms with Crippen LogP contribution in [0.15, 0.2) is 30.5 Å². The van der Waals surface area contributed by atoms with Crippen molar-refractivity contribution in [3.05, 3.63) is 56.8 Å². The van der Waals surface area contributed by atoms with Gasteiger partial charge in [0.05, 0.1) is 21.8 Å². The van der Waals surface area contributed by atoms with Gasteiger partial charge in [-0.15, -0.1) is 0 Å². The molecule has 21 heavy (non-hydrogen) atoms. The number of carbonyl (C=O) groups excluding carboxylic acids is 1. The molecule has 2 aromatic rings. The first kappa shape index (κ1) is 15.6. The fraction of sp³-hybridized carbons (Fsp3) is 0. The van der Waals surface area contributed by atoms with Crippen LogP contribution in [-0.4, -0.2) is 22.0 Å². The Balaban J connectivity index is 2.31. The largest absolute Gasteiger partial charge is 0.478 e. The summed E-state index contributed by atoms with van der Waals surface area (Å²) in [6.07, 6.45) is 1.24. The normalized spacial score (nSPS) is 10.2. The number of hydrogen-bond donors (Lipinski definition) is 2. The van der Waals surface area contributed by atoms with E-state index >= 15 is 0 Å². The first-order valence-corrected chi connectivity index (χ1v) is 6.67. The number of nitrogens with one attached hydrogen (secondary N) is 1. The summed E-state index contributed by atoms with van der Waals surface area (Å²) in [5.41, 5.74) is 0.141. The molecule has 0 aliphatic carbocycles. The maximum absolute atomic E-state index is 12.1. The number of amides is 1. The van der Waals surface area contributed by atoms with Crippen molar-refractivity contribution in [2.24, 2.45) is 0 Å². The number of anilines is 1. The van der Waals surface area contributed by atoms with Gasteiger partial charge in [0.25, 0.3) is 5.91 Å². The van der Waals surface area contributed by atoms with Gasteiger partial charge in [-0.3, -0.25) is 4.79 Å². The van der Waals surface area contributed by atoms with E-state index in [9.17, 15) is 9.59 Å². The Bertz CT molecular complexity index is 735. The van der Waals surface area contributed by atoms with Gasteiger partial charge < -0.3 is 10.4 Å². The number of aromatic nitrogens is 1. The summed E-state index contributed by atoms with van der Waals surface area (Å²) in [6, 6.07) is 5.44. The third-order valence-corrected chi connectivity index (χ3v) is 3.44. The average Bonchev–Trinajstić information content (AvgIpc) is 2.43. The Morgan fingerprint density at radius 3 is 2.48 bits per heavy atom. The van der Waals surface area contributed by atoms with Crippen LogP contribution in [0.1, 0.15) is 20.7 Å². The maximum Gasteiger partial charge on any atom is 0.337 e. The first-order chi connectivity index (χ1) is 9.88. The van der Waals surface area contributed by atoms with Crippen molar-refractivity contribution in [3.8, 4) is 0 Å². The standard InChI is InChI=1S/C13H7Cl3N2O3/c14-7-1-2-10(8(4-7)13(20)21)18-12(19)6-3-9(15)11(16)17-5-6/h1-5H,(H,18,19)(H,20,21). The summed E-state index contributed by atoms with van der Waals surface area (Å²) in [4.78, 5) is 26.9. The lowest BCUT2D eigenvalue weighted by atomic mass is 10.1. The van der Waals surface area contributed by atoms with E-state index in [4.69, 9.17) is 39.9 Å². The third kappa shape index (κ3) is 3.64. The van der Waals surface area contributed by atoms with Crippen molar-refractivity contribution >= 4 is 52.4 Å². The second-order valence-corrected chi connectivity index (χ2v) is 5.15. The quantitative estimate of drug-likeness (QED) is 0.824. The molecule has 0 spiro atoms. The molecule has 2 N–H and O–H groups in total. The molecule has 0 atom stereocenters. The van der Waals surface area contributed by atoms with Crippen molar-refractivity contribution in [2.45, 2.75) is 0 Å². The van der Waals surface area contributed by atoms with Gasteiger partial charge in [0, 0.05) is 11.2 Å². The van der Waals surface area contributed by atoms with Crippen molar-refractivity contribution in [1.29, 1.82) is 0 Å². The van der Waals surface area contributed by atoms with Crippen LogP contribution >= 0.6 is 34.8 Å². The minimum absolute atomic E-state index is 0.0749. The Kier molecular flexibility index (Phi) is 4.67. The van der Waals surface area contributed by atoms with Crippen molar-refractivity contribution in [1.82, 2.24) is 4.98 Å². The summed E-state index contributed by atoms with van der Waals surface area (Å²) in [5, 5.41) is 12.0. The number of halogens is 3. The highest BCUT2D eigenvalue weighted by Gasteiger charge is 2.15. The molecule has 0 radical (unpaired) electrons. The minimum atomic E-state index is -1.21. The van der Waals surface area contributed by atoms with Crippen molar-refractivity contribution in [2.75, 3.05) is 5.32 Å². The predicted molar refractivity (Wildman–Crippen MR) is 80.6 cm³/mol. The summed E-state index contributed by atoms with van der Waals surface area (Å²) >= 11 is 17.2. The van der Waals surface area contributed by atoms with E-state index in [-0.39, 0.29) is 32.0 Å². The molecule has 1 amide bonds. The van der Waals surface area contributed by atoms with Crippen LogP contribution in [0.2, 0.25) is 15.2 Å². The SMILES string of the molecule is O=C(Nc1ccc(Cl)cc1C(=O)O)c1cnc(Cl)c(Cl)c1. The third-order valence-electron chi connectivity index (χ3n) is 2.52. The van der Waals surface area contributed by atoms with Gasteiger partial charge in [-0.25, -0.2) is 9.78 Å². The highest BCUT2D eigenvalue weighted by atomic mass is 35.5. The molecule has 5 nitrogen and oxygen atoms in total. The highest BCUT2D eigenvalue weighted by molar-refractivity contribution is 6.41. The number of carboxylic acid groups (broad SMARTS) is 1. The molecular formula is C13H7Cl3N2O3. The molecule has 0 unspecified atom stereocenters. The second kappa shape index (κ2) is 6.30. The van der Waals surface area contributed by atoms with E-state index in [0.717, 1.165) is 0 Å². The second-order valence-electron chi connectivity index (χ2n) is 3.95. The van der Waals surface area contributed by atoms with Crippen LogP contribution < -0.4 is 5.32 Å². The number of pyridine rings is 1. The van der Waals surface area contributed by atoms with Crippen LogP contribution in [0.3, 0.4) is 0 Å². The van der Waals surface area contributed by atoms with Gasteiger partial charge in [-0.1, -0.05) is 34.8 Å². The lowest BCUT2D eigenvalue weighted by Crippen LogP contribution is -2.15. The molecule has 1 aromatic heterocycles. The number of nitrogens with zero attached hydrogens (tertiary/aromatic N) is 1. The van der Waals surface area contributed by atoms with Crippen LogP contribution in [0.5, 0.6) is 0 Å². The van der Waals surface area contributed by atoms with Crippen molar-refractivity contribution < 1.29 is 14.7 Å². The topological polar surface area (TPSA) is 79.3 Å². The highest BCUT2D eigenvalue weighted by Crippen LogP contribution is 2.23. The zero-order valence-corrected chi connectivity index (χ0v) is 12.5. The monoisotopic (exact) mass is 344 g/mol. The average molecular weight is 346 g/mol. The molecule has 0 saturated carbocycles. The molecule has 0 aliphatic rings. The number of rotatable bonds is 3. The Hall–Kier alpha value is -1.82. The molecule has 0 aliphatic heterocycles. The first-order valence-electron chi connectivity index (χ1n) is 5.53. The molecule has 108 valence electrons. The van der Waals surface area contributed by atoms with Gasteiger partial charge in [-0.2, -0.15) is 0 Å². The fourth-order valence-electron chi connectivity index (χ4n) is 1.54. The van der Waals surface area contributed by atoms with E-state index in [2.05, 4.69) is 10.3 Å². The van der Waals surface area contributed by atoms with Gasteiger partial charge in [-0.05, 0) is 24.3 Å². The number of benzene rings is 1. The molecule has 0 bridgehead atoms. The number of carbonyl (C=O) groups is 2. The number of carboxylic acids is 1. The summed E-state index contributed by atoms with van der Waals surface area (Å²) in [5.74, 6) is -1.77. The van der Waals surface area contributed by atoms with E-state index < -0.39 is 11.9 Å². The summed E-state index contributed by atoms with van der Waals surface area (Å²) in [7, 11) is 0. The Morgan fingerprint density at radius 2 is 1.86 bits per heavy atom. The summed E-state index contributed by atoms with van der Waals surface area (Å²) in [6.45, 7) is 0. The molecule has 1 aromatic carbocycles. The van der Waals surface area contributed by atoms with Crippen LogP contribution in [0.4, 0.5) is 5.69 Å². The van der Waals surface area contributed by atoms with E-state index in [1.807, 2.05) is 0 Å².